The quantitative estimate of drug-likeness (QED) is 0.442. The number of halogens is 1. The zero-order valence-electron chi connectivity index (χ0n) is 8.35. The third-order valence-electron chi connectivity index (χ3n) is 1.81. The molecule has 0 fully saturated rings. The van der Waals surface area contributed by atoms with E-state index >= 15 is 0 Å². The Balaban J connectivity index is 2.69. The first-order valence-electron chi connectivity index (χ1n) is 4.68. The number of nitrogens with zero attached hydrogens (tertiary/aromatic N) is 1. The molecule has 0 N–H and O–H groups in total. The first-order chi connectivity index (χ1) is 7.13. The van der Waals surface area contributed by atoms with Crippen molar-refractivity contribution in [2.24, 2.45) is 0 Å². The van der Waals surface area contributed by atoms with E-state index in [2.05, 4.69) is 0 Å². The van der Waals surface area contributed by atoms with Crippen LogP contribution in [0.15, 0.2) is 24.3 Å². The second kappa shape index (κ2) is 5.56. The highest BCUT2D eigenvalue weighted by Gasteiger charge is 2.09. The Morgan fingerprint density at radius 1 is 1.60 bits per heavy atom. The molecule has 1 unspecified atom stereocenters. The molecule has 0 aromatic heterocycles. The molecule has 5 heteroatoms. The smallest absolute Gasteiger partial charge is 0.273 e. The minimum absolute atomic E-state index is 0.00728. The zero-order chi connectivity index (χ0) is 11.3. The van der Waals surface area contributed by atoms with Gasteiger partial charge in [0.15, 0.2) is 5.56 Å². The van der Waals surface area contributed by atoms with Gasteiger partial charge < -0.3 is 4.74 Å². The number of ether oxygens (including phenoxy) is 1. The molecule has 0 aliphatic rings. The lowest BCUT2D eigenvalue weighted by Crippen LogP contribution is -2.07. The zero-order valence-corrected chi connectivity index (χ0v) is 9.11. The molecule has 1 aromatic carbocycles. The lowest BCUT2D eigenvalue weighted by molar-refractivity contribution is -0.384. The number of hydrogen-bond acceptors (Lipinski definition) is 3. The molecule has 0 aliphatic carbocycles. The van der Waals surface area contributed by atoms with Gasteiger partial charge in [0.1, 0.15) is 5.75 Å². The van der Waals surface area contributed by atoms with Gasteiger partial charge in [0.05, 0.1) is 11.0 Å². The van der Waals surface area contributed by atoms with Crippen LogP contribution in [0.4, 0.5) is 5.69 Å². The van der Waals surface area contributed by atoms with E-state index in [-0.39, 0.29) is 5.69 Å². The molecule has 15 heavy (non-hydrogen) atoms. The Morgan fingerprint density at radius 2 is 2.33 bits per heavy atom. The van der Waals surface area contributed by atoms with Crippen LogP contribution in [0, 0.1) is 10.1 Å². The van der Waals surface area contributed by atoms with E-state index < -0.39 is 10.5 Å². The summed E-state index contributed by atoms with van der Waals surface area (Å²) in [5.41, 5.74) is -0.426. The summed E-state index contributed by atoms with van der Waals surface area (Å²) >= 11 is 5.86. The molecule has 0 radical (unpaired) electrons. The summed E-state index contributed by atoms with van der Waals surface area (Å²) in [7, 11) is 0. The van der Waals surface area contributed by atoms with E-state index in [1.165, 1.54) is 12.1 Å². The Bertz CT molecular complexity index is 343. The Labute approximate surface area is 93.0 Å². The average molecular weight is 230 g/mol. The summed E-state index contributed by atoms with van der Waals surface area (Å²) in [4.78, 5) is 10.0. The summed E-state index contributed by atoms with van der Waals surface area (Å²) in [5.74, 6) is 0.428. The van der Waals surface area contributed by atoms with E-state index in [4.69, 9.17) is 16.3 Å². The van der Waals surface area contributed by atoms with Crippen molar-refractivity contribution in [2.75, 3.05) is 0 Å². The fraction of sp³-hybridized carbons (Fsp3) is 0.400. The maximum atomic E-state index is 10.5. The summed E-state index contributed by atoms with van der Waals surface area (Å²) < 4.78 is 5.31. The largest absolute Gasteiger partial charge is 0.474 e. The number of rotatable bonds is 5. The second-order valence-electron chi connectivity index (χ2n) is 3.07. The number of hydrogen-bond donors (Lipinski definition) is 0. The lowest BCUT2D eigenvalue weighted by atomic mass is 10.3. The van der Waals surface area contributed by atoms with Crippen LogP contribution in [-0.2, 0) is 0 Å². The predicted molar refractivity (Wildman–Crippen MR) is 58.3 cm³/mol. The highest BCUT2D eigenvalue weighted by atomic mass is 35.5. The fourth-order valence-electron chi connectivity index (χ4n) is 1.10. The van der Waals surface area contributed by atoms with Crippen LogP contribution in [0.2, 0.25) is 0 Å². The third kappa shape index (κ3) is 3.75. The first-order valence-corrected chi connectivity index (χ1v) is 5.12. The van der Waals surface area contributed by atoms with Crippen LogP contribution in [0.25, 0.3) is 0 Å². The van der Waals surface area contributed by atoms with Crippen molar-refractivity contribution in [1.29, 1.82) is 0 Å². The minimum atomic E-state index is -0.462. The maximum absolute atomic E-state index is 10.5. The molecular weight excluding hydrogens is 218 g/mol. The average Bonchev–Trinajstić information content (AvgIpc) is 2.18. The van der Waals surface area contributed by atoms with Crippen molar-refractivity contribution in [3.05, 3.63) is 34.4 Å². The van der Waals surface area contributed by atoms with E-state index in [0.717, 1.165) is 6.42 Å². The molecule has 1 aromatic rings. The van der Waals surface area contributed by atoms with Crippen LogP contribution < -0.4 is 4.74 Å². The van der Waals surface area contributed by atoms with E-state index in [1.54, 1.807) is 12.1 Å². The molecule has 0 aliphatic heterocycles. The van der Waals surface area contributed by atoms with Gasteiger partial charge in [-0.25, -0.2) is 0 Å². The van der Waals surface area contributed by atoms with Crippen molar-refractivity contribution >= 4 is 17.3 Å². The highest BCUT2D eigenvalue weighted by Crippen LogP contribution is 2.21. The fourth-order valence-corrected chi connectivity index (χ4v) is 1.43. The summed E-state index contributed by atoms with van der Waals surface area (Å²) in [6.45, 7) is 1.99. The van der Waals surface area contributed by atoms with Gasteiger partial charge >= 0.3 is 0 Å². The number of nitro benzene ring substituents is 1. The van der Waals surface area contributed by atoms with E-state index in [0.29, 0.717) is 12.2 Å². The molecule has 0 spiro atoms. The van der Waals surface area contributed by atoms with Gasteiger partial charge in [-0.05, 0) is 12.5 Å². The van der Waals surface area contributed by atoms with Crippen molar-refractivity contribution < 1.29 is 9.66 Å². The molecule has 4 nitrogen and oxygen atoms in total. The van der Waals surface area contributed by atoms with Gasteiger partial charge in [-0.1, -0.05) is 31.0 Å². The van der Waals surface area contributed by atoms with Gasteiger partial charge in [0, 0.05) is 6.07 Å². The molecule has 0 saturated carbocycles. The lowest BCUT2D eigenvalue weighted by Gasteiger charge is -2.10. The van der Waals surface area contributed by atoms with Gasteiger partial charge in [0.25, 0.3) is 5.69 Å². The number of alkyl halides is 1. The summed E-state index contributed by atoms with van der Waals surface area (Å²) in [5, 5.41) is 10.5. The first kappa shape index (κ1) is 11.8. The van der Waals surface area contributed by atoms with Crippen molar-refractivity contribution in [1.82, 2.24) is 0 Å². The number of non-ortho nitro benzene ring substituents is 1. The van der Waals surface area contributed by atoms with Gasteiger partial charge in [0.2, 0.25) is 0 Å². The van der Waals surface area contributed by atoms with Gasteiger partial charge in [-0.3, -0.25) is 10.1 Å². The topological polar surface area (TPSA) is 52.4 Å². The normalized spacial score (nSPS) is 12.1. The predicted octanol–water partition coefficient (Wildman–Crippen LogP) is 3.34. The Morgan fingerprint density at radius 3 is 2.93 bits per heavy atom. The summed E-state index contributed by atoms with van der Waals surface area (Å²) in [6.07, 6.45) is 1.62. The van der Waals surface area contributed by atoms with E-state index in [9.17, 15) is 10.1 Å². The van der Waals surface area contributed by atoms with Crippen LogP contribution in [-0.4, -0.2) is 10.5 Å². The maximum Gasteiger partial charge on any atom is 0.273 e. The molecule has 82 valence electrons. The number of benzene rings is 1. The third-order valence-corrected chi connectivity index (χ3v) is 2.12. The molecule has 1 atom stereocenters. The second-order valence-corrected chi connectivity index (χ2v) is 3.56. The van der Waals surface area contributed by atoms with Gasteiger partial charge in [-0.2, -0.15) is 0 Å². The standard InChI is InChI=1S/C10H12ClNO3/c1-2-4-10(11)15-9-6-3-5-8(7-9)12(13)14/h3,5-7,10H,2,4H2,1H3. The SMILES string of the molecule is CCCC(Cl)Oc1cccc([N+](=O)[O-])c1. The van der Waals surface area contributed by atoms with Crippen molar-refractivity contribution in [3.63, 3.8) is 0 Å². The van der Waals surface area contributed by atoms with Crippen molar-refractivity contribution in [3.8, 4) is 5.75 Å². The van der Waals surface area contributed by atoms with Gasteiger partial charge in [-0.15, -0.1) is 0 Å². The van der Waals surface area contributed by atoms with Crippen LogP contribution >= 0.6 is 11.6 Å². The Hall–Kier alpha value is -1.29. The van der Waals surface area contributed by atoms with Crippen LogP contribution in [0.3, 0.4) is 0 Å². The molecule has 1 rings (SSSR count). The van der Waals surface area contributed by atoms with E-state index in [1.807, 2.05) is 6.92 Å². The molecule has 0 bridgehead atoms. The monoisotopic (exact) mass is 229 g/mol. The summed E-state index contributed by atoms with van der Waals surface area (Å²) in [6, 6.07) is 6.00. The van der Waals surface area contributed by atoms with Crippen LogP contribution in [0.5, 0.6) is 5.75 Å². The van der Waals surface area contributed by atoms with Crippen LogP contribution in [0.1, 0.15) is 19.8 Å². The number of nitro groups is 1. The molecular formula is C10H12ClNO3. The highest BCUT2D eigenvalue weighted by molar-refractivity contribution is 6.19. The Kier molecular flexibility index (Phi) is 4.37. The molecule has 0 saturated heterocycles. The molecule has 0 amide bonds. The minimum Gasteiger partial charge on any atom is -0.474 e. The van der Waals surface area contributed by atoms with Crippen molar-refractivity contribution in [2.45, 2.75) is 25.3 Å². The molecule has 0 heterocycles.